The molecule has 0 bridgehead atoms. The van der Waals surface area contributed by atoms with E-state index in [4.69, 9.17) is 54.7 Å². The topological polar surface area (TPSA) is 292 Å². The molecule has 1 aliphatic carbocycles. The molecule has 522 valence electrons. The highest BCUT2D eigenvalue weighted by atomic mass is 35.5. The van der Waals surface area contributed by atoms with Gasteiger partial charge < -0.3 is 45.8 Å². The third-order valence-corrected chi connectivity index (χ3v) is 17.9. The number of aromatic nitrogens is 6. The third kappa shape index (κ3) is 19.3. The van der Waals surface area contributed by atoms with Crippen LogP contribution in [0.3, 0.4) is 0 Å². The van der Waals surface area contributed by atoms with Gasteiger partial charge in [0.1, 0.15) is 44.6 Å². The van der Waals surface area contributed by atoms with E-state index in [0.717, 1.165) is 88.1 Å². The molecule has 13 rings (SSSR count). The Bertz CT molecular complexity index is 5040. The summed E-state index contributed by atoms with van der Waals surface area (Å²) in [5.74, 6) is -0.846. The lowest BCUT2D eigenvalue weighted by molar-refractivity contribution is -0.137. The Labute approximate surface area is 608 Å². The SMILES string of the molecule is CN(C)c1nc(Cc2ccc(NC(=O)c3ccc4c(c3)CC=C4)cc2)nc(Cl)c1CC(=O)O.COc1nc(Cc2ccc(NC(=O)c3ccc4ccccc4c3)cc2)nc(Cl)c1CC(=O)O.O=C(O)Cc1c(Cl)nc(Cc2ccc(NC(=O)c3ccc4ccccc4c3)cc2)nc1N1CCCCC1. The smallest absolute Gasteiger partial charge is 0.308 e. The molecule has 0 radical (unpaired) electrons. The van der Waals surface area contributed by atoms with Crippen LogP contribution in [0.15, 0.2) is 182 Å². The highest BCUT2D eigenvalue weighted by Gasteiger charge is 2.24. The number of hydrogen-bond acceptors (Lipinski definition) is 15. The zero-order valence-electron chi connectivity index (χ0n) is 56.3. The van der Waals surface area contributed by atoms with Gasteiger partial charge in [0.25, 0.3) is 17.7 Å². The molecule has 0 spiro atoms. The molecular formula is C79H70Cl3N11O10. The van der Waals surface area contributed by atoms with E-state index < -0.39 is 17.9 Å². The fourth-order valence-electron chi connectivity index (χ4n) is 11.8. The fraction of sp³-hybridized carbons (Fsp3) is 0.190. The molecule has 8 aromatic carbocycles. The summed E-state index contributed by atoms with van der Waals surface area (Å²) in [7, 11) is 4.96. The van der Waals surface area contributed by atoms with E-state index in [1.165, 1.54) is 7.11 Å². The summed E-state index contributed by atoms with van der Waals surface area (Å²) < 4.78 is 5.19. The van der Waals surface area contributed by atoms with Crippen molar-refractivity contribution in [3.05, 3.63) is 276 Å². The number of allylic oxidation sites excluding steroid dienone is 1. The lowest BCUT2D eigenvalue weighted by Crippen LogP contribution is -2.32. The Morgan fingerprint density at radius 2 is 0.874 bits per heavy atom. The van der Waals surface area contributed by atoms with Crippen LogP contribution >= 0.6 is 34.8 Å². The minimum absolute atomic E-state index is 0.0542. The molecule has 4 heterocycles. The number of carbonyl (C=O) groups excluding carboxylic acids is 3. The van der Waals surface area contributed by atoms with Crippen molar-refractivity contribution >= 4 is 127 Å². The minimum atomic E-state index is -1.05. The van der Waals surface area contributed by atoms with Crippen molar-refractivity contribution in [2.75, 3.05) is 60.0 Å². The van der Waals surface area contributed by atoms with Crippen LogP contribution in [0, 0.1) is 0 Å². The summed E-state index contributed by atoms with van der Waals surface area (Å²) in [6.07, 6.45) is 8.66. The Balaban J connectivity index is 0.000000155. The quantitative estimate of drug-likeness (QED) is 0.0364. The van der Waals surface area contributed by atoms with Crippen LogP contribution in [-0.2, 0) is 59.3 Å². The summed E-state index contributed by atoms with van der Waals surface area (Å²) in [5, 5.41) is 40.9. The molecule has 0 unspecified atom stereocenters. The van der Waals surface area contributed by atoms with Crippen molar-refractivity contribution in [2.24, 2.45) is 0 Å². The van der Waals surface area contributed by atoms with Gasteiger partial charge in [-0.2, -0.15) is 4.98 Å². The maximum atomic E-state index is 12.8. The largest absolute Gasteiger partial charge is 0.481 e. The normalized spacial score (nSPS) is 12.1. The molecule has 103 heavy (non-hydrogen) atoms. The van der Waals surface area contributed by atoms with Crippen molar-refractivity contribution in [1.82, 2.24) is 29.9 Å². The molecule has 21 nitrogen and oxygen atoms in total. The minimum Gasteiger partial charge on any atom is -0.481 e. The van der Waals surface area contributed by atoms with E-state index in [1.807, 2.05) is 158 Å². The zero-order chi connectivity index (χ0) is 72.7. The van der Waals surface area contributed by atoms with E-state index in [9.17, 15) is 33.9 Å². The standard InChI is InChI=1S/C29H27ClN4O3.C25H23ClN4O3.C25H20ClN3O4/c30-27-24(18-26(35)36)28(34-14-4-1-5-15-34)33-25(32-27)16-19-8-12-23(13-9-19)31-29(37)22-11-10-20-6-2-3-7-21(20)17-22;1-30(2)24-20(14-22(31)32)23(26)28-21(29-24)12-15-6-10-19(11-7-15)27-25(33)18-9-8-16-4-3-5-17(16)13-18;1-33-25-20(14-22(30)31)23(26)28-21(29-25)12-15-6-10-19(11-7-15)27-24(32)18-9-8-16-4-2-3-5-17(16)13-18/h2-3,6-13,17H,1,4-5,14-16,18H2,(H,31,37)(H,35,36);3-4,6-11,13H,5,12,14H2,1-2H3,(H,27,33)(H,31,32);2-11,13H,12,14H2,1H3,(H,27,32)(H,30,31). The number of rotatable bonds is 21. The first kappa shape index (κ1) is 72.6. The molecule has 6 N–H and O–H groups in total. The number of nitrogens with zero attached hydrogens (tertiary/aromatic N) is 8. The molecule has 0 saturated carbocycles. The summed E-state index contributed by atoms with van der Waals surface area (Å²) >= 11 is 18.9. The van der Waals surface area contributed by atoms with Crippen LogP contribution in [0.1, 0.15) is 112 Å². The van der Waals surface area contributed by atoms with Gasteiger partial charge in [0.05, 0.1) is 31.9 Å². The summed E-state index contributed by atoms with van der Waals surface area (Å²) in [6, 6.07) is 55.0. The number of anilines is 5. The second-order valence-corrected chi connectivity index (χ2v) is 25.7. The number of piperidine rings is 1. The lowest BCUT2D eigenvalue weighted by atomic mass is 10.1. The zero-order valence-corrected chi connectivity index (χ0v) is 58.6. The number of carboxylic acids is 3. The maximum absolute atomic E-state index is 12.8. The molecule has 3 amide bonds. The molecule has 0 atom stereocenters. The highest BCUT2D eigenvalue weighted by Crippen LogP contribution is 2.31. The number of ether oxygens (including phenoxy) is 1. The van der Waals surface area contributed by atoms with Gasteiger partial charge in [0.2, 0.25) is 5.88 Å². The monoisotopic (exact) mass is 1440 g/mol. The first-order chi connectivity index (χ1) is 49.7. The molecule has 3 aromatic heterocycles. The van der Waals surface area contributed by atoms with Gasteiger partial charge in [0, 0.05) is 91.3 Å². The number of carboxylic acid groups (broad SMARTS) is 3. The summed E-state index contributed by atoms with van der Waals surface area (Å²) in [4.78, 5) is 102. The van der Waals surface area contributed by atoms with Crippen LogP contribution in [0.25, 0.3) is 27.6 Å². The maximum Gasteiger partial charge on any atom is 0.308 e. The Morgan fingerprint density at radius 1 is 0.466 bits per heavy atom. The molecule has 2 aliphatic rings. The number of carbonyl (C=O) groups is 6. The first-order valence-corrected chi connectivity index (χ1v) is 34.1. The number of halogens is 3. The number of amides is 3. The van der Waals surface area contributed by atoms with Crippen LogP contribution in [0.4, 0.5) is 28.7 Å². The lowest BCUT2D eigenvalue weighted by Gasteiger charge is -2.29. The van der Waals surface area contributed by atoms with Crippen molar-refractivity contribution in [2.45, 2.75) is 64.2 Å². The summed E-state index contributed by atoms with van der Waals surface area (Å²) in [5.41, 5.74) is 10.0. The number of aliphatic carboxylic acids is 3. The molecular weight excluding hydrogens is 1370 g/mol. The van der Waals surface area contributed by atoms with Crippen LogP contribution in [0.2, 0.25) is 15.5 Å². The Kier molecular flexibility index (Phi) is 23.7. The van der Waals surface area contributed by atoms with Gasteiger partial charge >= 0.3 is 17.9 Å². The van der Waals surface area contributed by atoms with Crippen LogP contribution in [-0.4, -0.2) is 115 Å². The number of benzene rings is 8. The molecule has 1 saturated heterocycles. The first-order valence-electron chi connectivity index (χ1n) is 32.9. The Hall–Kier alpha value is -11.7. The van der Waals surface area contributed by atoms with Crippen LogP contribution < -0.4 is 30.5 Å². The van der Waals surface area contributed by atoms with E-state index in [0.29, 0.717) is 93.3 Å². The van der Waals surface area contributed by atoms with Gasteiger partial charge in [-0.3, -0.25) is 28.8 Å². The van der Waals surface area contributed by atoms with Gasteiger partial charge in [0.15, 0.2) is 0 Å². The van der Waals surface area contributed by atoms with Crippen molar-refractivity contribution < 1.29 is 48.8 Å². The molecule has 1 fully saturated rings. The third-order valence-electron chi connectivity index (χ3n) is 17.0. The number of nitrogens with one attached hydrogen (secondary N) is 3. The second kappa shape index (κ2) is 33.7. The second-order valence-electron chi connectivity index (χ2n) is 24.7. The highest BCUT2D eigenvalue weighted by molar-refractivity contribution is 6.31. The van der Waals surface area contributed by atoms with Crippen molar-refractivity contribution in [3.8, 4) is 5.88 Å². The molecule has 24 heteroatoms. The van der Waals surface area contributed by atoms with E-state index >= 15 is 0 Å². The number of fused-ring (bicyclic) bond motifs is 3. The van der Waals surface area contributed by atoms with Gasteiger partial charge in [-0.15, -0.1) is 0 Å². The Morgan fingerprint density at radius 3 is 1.34 bits per heavy atom. The van der Waals surface area contributed by atoms with E-state index in [2.05, 4.69) is 57.9 Å². The van der Waals surface area contributed by atoms with E-state index in [-0.39, 0.29) is 63.9 Å². The average molecular weight is 1440 g/mol. The molecule has 1 aliphatic heterocycles. The summed E-state index contributed by atoms with van der Waals surface area (Å²) in [6.45, 7) is 1.65. The average Bonchev–Trinajstić information content (AvgIpc) is 0.849. The van der Waals surface area contributed by atoms with Crippen molar-refractivity contribution in [3.63, 3.8) is 0 Å². The fourth-order valence-corrected chi connectivity index (χ4v) is 12.6. The molecule has 11 aromatic rings. The van der Waals surface area contributed by atoms with Crippen LogP contribution in [0.5, 0.6) is 5.88 Å². The van der Waals surface area contributed by atoms with Gasteiger partial charge in [-0.05, 0) is 148 Å². The van der Waals surface area contributed by atoms with E-state index in [1.54, 1.807) is 37.2 Å². The number of hydrogen-bond donors (Lipinski definition) is 6. The van der Waals surface area contributed by atoms with Gasteiger partial charge in [-0.25, -0.2) is 24.9 Å². The number of methoxy groups -OCH3 is 1. The predicted molar refractivity (Wildman–Crippen MR) is 401 cm³/mol. The predicted octanol–water partition coefficient (Wildman–Crippen LogP) is 14.7. The van der Waals surface area contributed by atoms with Gasteiger partial charge in [-0.1, -0.05) is 150 Å². The van der Waals surface area contributed by atoms with Crippen molar-refractivity contribution in [1.29, 1.82) is 0 Å².